The number of amides is 2. The molecule has 1 unspecified atom stereocenters. The standard InChI is InChI=1S/C14H15IN2O3/c1-2-11-14(20)16-13(19)8-17(11)7-12(18)9-3-5-10(15)6-4-9/h3-6,11H,2,7-8H2,1H3,(H,16,19,20). The van der Waals surface area contributed by atoms with Crippen LogP contribution in [0.1, 0.15) is 23.7 Å². The van der Waals surface area contributed by atoms with Gasteiger partial charge in [-0.15, -0.1) is 0 Å². The summed E-state index contributed by atoms with van der Waals surface area (Å²) >= 11 is 2.17. The first-order valence-corrected chi connectivity index (χ1v) is 7.45. The Hall–Kier alpha value is -1.28. The highest BCUT2D eigenvalue weighted by atomic mass is 127. The highest BCUT2D eigenvalue weighted by molar-refractivity contribution is 14.1. The SMILES string of the molecule is CCC1C(=O)NC(=O)CN1CC(=O)c1ccc(I)cc1. The predicted octanol–water partition coefficient (Wildman–Crippen LogP) is 1.21. The molecule has 1 aliphatic heterocycles. The molecule has 0 aromatic heterocycles. The van der Waals surface area contributed by atoms with Gasteiger partial charge < -0.3 is 0 Å². The number of Topliss-reactive ketones (excluding diaryl/α,β-unsaturated/α-hetero) is 1. The zero-order chi connectivity index (χ0) is 14.7. The summed E-state index contributed by atoms with van der Waals surface area (Å²) in [6, 6.07) is 6.83. The average Bonchev–Trinajstić information content (AvgIpc) is 2.39. The topological polar surface area (TPSA) is 66.5 Å². The largest absolute Gasteiger partial charge is 0.294 e. The molecular formula is C14H15IN2O3. The molecule has 1 saturated heterocycles. The van der Waals surface area contributed by atoms with Crippen LogP contribution < -0.4 is 5.32 Å². The fourth-order valence-corrected chi connectivity index (χ4v) is 2.60. The van der Waals surface area contributed by atoms with E-state index in [1.165, 1.54) is 0 Å². The maximum Gasteiger partial charge on any atom is 0.243 e. The minimum absolute atomic E-state index is 0.0812. The molecule has 0 saturated carbocycles. The Kier molecular flexibility index (Phi) is 4.87. The maximum atomic E-state index is 12.2. The second-order valence-electron chi connectivity index (χ2n) is 4.67. The van der Waals surface area contributed by atoms with E-state index < -0.39 is 6.04 Å². The van der Waals surface area contributed by atoms with Gasteiger partial charge in [0, 0.05) is 9.13 Å². The van der Waals surface area contributed by atoms with E-state index in [1.807, 2.05) is 19.1 Å². The van der Waals surface area contributed by atoms with E-state index >= 15 is 0 Å². The van der Waals surface area contributed by atoms with Crippen LogP contribution in [0.5, 0.6) is 0 Å². The van der Waals surface area contributed by atoms with Gasteiger partial charge in [-0.2, -0.15) is 0 Å². The van der Waals surface area contributed by atoms with Gasteiger partial charge >= 0.3 is 0 Å². The van der Waals surface area contributed by atoms with Crippen LogP contribution in [-0.2, 0) is 9.59 Å². The molecule has 106 valence electrons. The van der Waals surface area contributed by atoms with E-state index in [0.717, 1.165) is 3.57 Å². The summed E-state index contributed by atoms with van der Waals surface area (Å²) in [6.45, 7) is 2.03. The molecule has 2 amide bonds. The summed E-state index contributed by atoms with van der Waals surface area (Å²) in [7, 11) is 0. The molecule has 0 bridgehead atoms. The second kappa shape index (κ2) is 6.45. The Labute approximate surface area is 130 Å². The third kappa shape index (κ3) is 3.43. The Morgan fingerprint density at radius 3 is 2.60 bits per heavy atom. The van der Waals surface area contributed by atoms with Crippen LogP contribution in [-0.4, -0.2) is 41.6 Å². The summed E-state index contributed by atoms with van der Waals surface area (Å²) < 4.78 is 1.05. The number of benzene rings is 1. The van der Waals surface area contributed by atoms with Crippen molar-refractivity contribution in [2.75, 3.05) is 13.1 Å². The van der Waals surface area contributed by atoms with E-state index in [-0.39, 0.29) is 30.7 Å². The van der Waals surface area contributed by atoms with Crippen LogP contribution in [0.15, 0.2) is 24.3 Å². The van der Waals surface area contributed by atoms with Crippen LogP contribution in [0, 0.1) is 3.57 Å². The fraction of sp³-hybridized carbons (Fsp3) is 0.357. The number of rotatable bonds is 4. The molecular weight excluding hydrogens is 371 g/mol. The molecule has 1 aromatic rings. The Morgan fingerprint density at radius 2 is 2.00 bits per heavy atom. The van der Waals surface area contributed by atoms with Crippen LogP contribution in [0.3, 0.4) is 0 Å². The molecule has 1 aliphatic rings. The molecule has 2 rings (SSSR count). The van der Waals surface area contributed by atoms with Gasteiger partial charge in [0.2, 0.25) is 11.8 Å². The van der Waals surface area contributed by atoms with Crippen molar-refractivity contribution in [2.24, 2.45) is 0 Å². The van der Waals surface area contributed by atoms with Crippen molar-refractivity contribution in [3.63, 3.8) is 0 Å². The van der Waals surface area contributed by atoms with E-state index in [1.54, 1.807) is 17.0 Å². The van der Waals surface area contributed by atoms with Gasteiger partial charge in [0.1, 0.15) is 0 Å². The molecule has 0 spiro atoms. The second-order valence-corrected chi connectivity index (χ2v) is 5.92. The summed E-state index contributed by atoms with van der Waals surface area (Å²) in [5.41, 5.74) is 0.596. The van der Waals surface area contributed by atoms with Gasteiger partial charge in [-0.25, -0.2) is 0 Å². The van der Waals surface area contributed by atoms with Crippen LogP contribution >= 0.6 is 22.6 Å². The first-order chi connectivity index (χ1) is 9.51. The van der Waals surface area contributed by atoms with Gasteiger partial charge in [-0.1, -0.05) is 19.1 Å². The highest BCUT2D eigenvalue weighted by Gasteiger charge is 2.33. The Bertz CT molecular complexity index is 542. The van der Waals surface area contributed by atoms with Crippen molar-refractivity contribution in [3.8, 4) is 0 Å². The lowest BCUT2D eigenvalue weighted by atomic mass is 10.1. The van der Waals surface area contributed by atoms with Crippen LogP contribution in [0.25, 0.3) is 0 Å². The molecule has 1 atom stereocenters. The molecule has 1 heterocycles. The zero-order valence-electron chi connectivity index (χ0n) is 11.1. The number of piperazine rings is 1. The van der Waals surface area contributed by atoms with Crippen molar-refractivity contribution >= 4 is 40.2 Å². The van der Waals surface area contributed by atoms with Gasteiger partial charge in [0.15, 0.2) is 5.78 Å². The molecule has 1 aromatic carbocycles. The third-order valence-electron chi connectivity index (χ3n) is 3.25. The van der Waals surface area contributed by atoms with Crippen LogP contribution in [0.4, 0.5) is 0 Å². The van der Waals surface area contributed by atoms with Gasteiger partial charge in [0.25, 0.3) is 0 Å². The van der Waals surface area contributed by atoms with E-state index in [9.17, 15) is 14.4 Å². The number of hydrogen-bond donors (Lipinski definition) is 1. The molecule has 5 nitrogen and oxygen atoms in total. The highest BCUT2D eigenvalue weighted by Crippen LogP contribution is 2.12. The summed E-state index contributed by atoms with van der Waals surface area (Å²) in [5, 5.41) is 2.30. The summed E-state index contributed by atoms with van der Waals surface area (Å²) in [4.78, 5) is 37.0. The quantitative estimate of drug-likeness (QED) is 0.480. The van der Waals surface area contributed by atoms with E-state index in [2.05, 4.69) is 27.9 Å². The fourth-order valence-electron chi connectivity index (χ4n) is 2.24. The zero-order valence-corrected chi connectivity index (χ0v) is 13.2. The van der Waals surface area contributed by atoms with Gasteiger partial charge in [0.05, 0.1) is 19.1 Å². The molecule has 1 fully saturated rings. The summed E-state index contributed by atoms with van der Waals surface area (Å²) in [6.07, 6.45) is 0.569. The minimum Gasteiger partial charge on any atom is -0.294 e. The first kappa shape index (κ1) is 15.1. The van der Waals surface area contributed by atoms with Crippen molar-refractivity contribution in [3.05, 3.63) is 33.4 Å². The average molecular weight is 386 g/mol. The molecule has 1 N–H and O–H groups in total. The van der Waals surface area contributed by atoms with Crippen molar-refractivity contribution in [1.29, 1.82) is 0 Å². The molecule has 6 heteroatoms. The lowest BCUT2D eigenvalue weighted by Crippen LogP contribution is -2.58. The van der Waals surface area contributed by atoms with E-state index in [4.69, 9.17) is 0 Å². The first-order valence-electron chi connectivity index (χ1n) is 6.37. The predicted molar refractivity (Wildman–Crippen MR) is 82.3 cm³/mol. The number of ketones is 1. The van der Waals surface area contributed by atoms with Crippen LogP contribution in [0.2, 0.25) is 0 Å². The number of halogens is 1. The number of carbonyl (C=O) groups is 3. The number of nitrogens with one attached hydrogen (secondary N) is 1. The summed E-state index contributed by atoms with van der Waals surface area (Å²) in [5.74, 6) is -0.753. The van der Waals surface area contributed by atoms with Crippen molar-refractivity contribution < 1.29 is 14.4 Å². The maximum absolute atomic E-state index is 12.2. The molecule has 0 aliphatic carbocycles. The number of nitrogens with zero attached hydrogens (tertiary/aromatic N) is 1. The number of carbonyl (C=O) groups excluding carboxylic acids is 3. The molecule has 20 heavy (non-hydrogen) atoms. The van der Waals surface area contributed by atoms with E-state index in [0.29, 0.717) is 12.0 Å². The monoisotopic (exact) mass is 386 g/mol. The smallest absolute Gasteiger partial charge is 0.243 e. The number of imide groups is 1. The Morgan fingerprint density at radius 1 is 1.35 bits per heavy atom. The number of hydrogen-bond acceptors (Lipinski definition) is 4. The lowest BCUT2D eigenvalue weighted by Gasteiger charge is -2.32. The normalized spacial score (nSPS) is 19.8. The third-order valence-corrected chi connectivity index (χ3v) is 3.97. The van der Waals surface area contributed by atoms with Gasteiger partial charge in [-0.3, -0.25) is 24.6 Å². The minimum atomic E-state index is -0.416. The van der Waals surface area contributed by atoms with Crippen molar-refractivity contribution in [2.45, 2.75) is 19.4 Å². The van der Waals surface area contributed by atoms with Crippen molar-refractivity contribution in [1.82, 2.24) is 10.2 Å². The Balaban J connectivity index is 2.10. The van der Waals surface area contributed by atoms with Gasteiger partial charge in [-0.05, 0) is 41.1 Å². The lowest BCUT2D eigenvalue weighted by molar-refractivity contribution is -0.139. The molecule has 0 radical (unpaired) electrons.